The lowest BCUT2D eigenvalue weighted by atomic mass is 10.1. The largest absolute Gasteiger partial charge is 0.342 e. The van der Waals surface area contributed by atoms with Crippen molar-refractivity contribution in [2.24, 2.45) is 17.3 Å². The van der Waals surface area contributed by atoms with Crippen molar-refractivity contribution in [2.75, 3.05) is 13.1 Å². The lowest BCUT2D eigenvalue weighted by Gasteiger charge is -2.23. The summed E-state index contributed by atoms with van der Waals surface area (Å²) in [5.41, 5.74) is 0.325. The van der Waals surface area contributed by atoms with Gasteiger partial charge >= 0.3 is 0 Å². The normalized spacial score (nSPS) is 32.7. The Hall–Kier alpha value is -0.670. The van der Waals surface area contributed by atoms with E-state index in [1.54, 1.807) is 4.90 Å². The lowest BCUT2D eigenvalue weighted by Crippen LogP contribution is -2.35. The predicted octanol–water partition coefficient (Wildman–Crippen LogP) is 2.15. The molecule has 2 aliphatic rings. The molecule has 0 aromatic carbocycles. The highest BCUT2D eigenvalue weighted by atomic mass is 19.3. The van der Waals surface area contributed by atoms with Gasteiger partial charge in [0.15, 0.2) is 0 Å². The molecule has 2 nitrogen and oxygen atoms in total. The third-order valence-corrected chi connectivity index (χ3v) is 3.94. The zero-order valence-corrected chi connectivity index (χ0v) is 9.39. The fraction of sp³-hybridized carbons (Fsp3) is 0.909. The third-order valence-electron chi connectivity index (χ3n) is 3.94. The van der Waals surface area contributed by atoms with Crippen LogP contribution in [-0.2, 0) is 4.79 Å². The molecule has 0 N–H and O–H groups in total. The number of amides is 1. The Bertz CT molecular complexity index is 281. The molecule has 0 aromatic rings. The number of hydrogen-bond donors (Lipinski definition) is 0. The highest BCUT2D eigenvalue weighted by Gasteiger charge is 2.62. The zero-order chi connectivity index (χ0) is 11.4. The Morgan fingerprint density at radius 1 is 1.40 bits per heavy atom. The average molecular weight is 217 g/mol. The first-order valence-electron chi connectivity index (χ1n) is 5.37. The molecule has 1 unspecified atom stereocenters. The molecule has 1 amide bonds. The monoisotopic (exact) mass is 217 g/mol. The number of halogens is 2. The summed E-state index contributed by atoms with van der Waals surface area (Å²) >= 11 is 0. The Morgan fingerprint density at radius 2 is 1.87 bits per heavy atom. The van der Waals surface area contributed by atoms with Crippen LogP contribution in [0.15, 0.2) is 0 Å². The molecule has 0 aromatic heterocycles. The molecule has 2 fully saturated rings. The van der Waals surface area contributed by atoms with Crippen molar-refractivity contribution in [1.29, 1.82) is 0 Å². The molecule has 1 aliphatic heterocycles. The number of rotatable bonds is 2. The lowest BCUT2D eigenvalue weighted by molar-refractivity contribution is -0.137. The Balaban J connectivity index is 1.87. The Labute approximate surface area is 88.6 Å². The van der Waals surface area contributed by atoms with Crippen LogP contribution in [0.3, 0.4) is 0 Å². The van der Waals surface area contributed by atoms with Crippen molar-refractivity contribution < 1.29 is 13.6 Å². The van der Waals surface area contributed by atoms with E-state index in [2.05, 4.69) is 13.8 Å². The summed E-state index contributed by atoms with van der Waals surface area (Å²) < 4.78 is 25.3. The summed E-state index contributed by atoms with van der Waals surface area (Å²) in [6.45, 7) is 6.50. The minimum absolute atomic E-state index is 0.325. The van der Waals surface area contributed by atoms with Crippen molar-refractivity contribution in [1.82, 2.24) is 4.90 Å². The molecule has 1 heterocycles. The number of piperidine rings is 1. The number of likely N-dealkylation sites (tertiary alicyclic amines) is 1. The van der Waals surface area contributed by atoms with E-state index >= 15 is 0 Å². The molecule has 86 valence electrons. The van der Waals surface area contributed by atoms with Crippen molar-refractivity contribution in [3.63, 3.8) is 0 Å². The van der Waals surface area contributed by atoms with Crippen molar-refractivity contribution >= 4 is 5.91 Å². The fourth-order valence-electron chi connectivity index (χ4n) is 2.71. The van der Waals surface area contributed by atoms with E-state index in [-0.39, 0.29) is 0 Å². The summed E-state index contributed by atoms with van der Waals surface area (Å²) in [6, 6.07) is 0. The molecule has 1 aliphatic carbocycles. The maximum absolute atomic E-state index is 12.6. The Kier molecular flexibility index (Phi) is 2.11. The topological polar surface area (TPSA) is 20.3 Å². The molecule has 0 radical (unpaired) electrons. The van der Waals surface area contributed by atoms with Crippen LogP contribution in [0.5, 0.6) is 0 Å². The summed E-state index contributed by atoms with van der Waals surface area (Å²) in [7, 11) is 0. The second-order valence-electron chi connectivity index (χ2n) is 5.58. The maximum Gasteiger partial charge on any atom is 0.254 e. The molecule has 4 heteroatoms. The molecule has 0 bridgehead atoms. The van der Waals surface area contributed by atoms with Gasteiger partial charge in [0.05, 0.1) is 6.42 Å². The van der Waals surface area contributed by atoms with Crippen molar-refractivity contribution in [2.45, 2.75) is 33.1 Å². The molecule has 0 spiro atoms. The second kappa shape index (κ2) is 2.92. The summed E-state index contributed by atoms with van der Waals surface area (Å²) in [4.78, 5) is 13.1. The summed E-state index contributed by atoms with van der Waals surface area (Å²) in [5, 5.41) is 0. The molecular formula is C11H17F2NO. The number of carbonyl (C=O) groups excluding carboxylic acids is 1. The van der Waals surface area contributed by atoms with Gasteiger partial charge in [-0.15, -0.1) is 0 Å². The smallest absolute Gasteiger partial charge is 0.254 e. The van der Waals surface area contributed by atoms with Gasteiger partial charge in [-0.1, -0.05) is 13.8 Å². The molecule has 1 saturated heterocycles. The summed E-state index contributed by atoms with van der Waals surface area (Å²) in [6.07, 6.45) is -0.646. The SMILES string of the molecule is CC(F)(F)CC(=O)N1CC2[C@H](C1)C2(C)C. The van der Waals surface area contributed by atoms with Crippen LogP contribution in [0.1, 0.15) is 27.2 Å². The predicted molar refractivity (Wildman–Crippen MR) is 52.6 cm³/mol. The molecule has 2 rings (SSSR count). The van der Waals surface area contributed by atoms with Crippen LogP contribution in [0, 0.1) is 17.3 Å². The minimum Gasteiger partial charge on any atom is -0.342 e. The van der Waals surface area contributed by atoms with Crippen LogP contribution in [0.2, 0.25) is 0 Å². The first-order chi connectivity index (χ1) is 6.72. The van der Waals surface area contributed by atoms with Crippen LogP contribution < -0.4 is 0 Å². The van der Waals surface area contributed by atoms with E-state index in [0.29, 0.717) is 30.3 Å². The standard InChI is InChI=1S/C11H17F2NO/c1-10(2)7-5-14(6-8(7)10)9(15)4-11(3,12)13/h7-8H,4-6H2,1-3H3/t7-,8?/m0/s1. The van der Waals surface area contributed by atoms with Gasteiger partial charge in [-0.25, -0.2) is 8.78 Å². The minimum atomic E-state index is -2.88. The molecule has 15 heavy (non-hydrogen) atoms. The number of fused-ring (bicyclic) bond motifs is 1. The molecular weight excluding hydrogens is 200 g/mol. The van der Waals surface area contributed by atoms with E-state index in [1.165, 1.54) is 0 Å². The number of nitrogens with zero attached hydrogens (tertiary/aromatic N) is 1. The van der Waals surface area contributed by atoms with Gasteiger partial charge < -0.3 is 4.90 Å². The number of hydrogen-bond acceptors (Lipinski definition) is 1. The Morgan fingerprint density at radius 3 is 2.27 bits per heavy atom. The van der Waals surface area contributed by atoms with E-state index in [9.17, 15) is 13.6 Å². The third kappa shape index (κ3) is 1.86. The first-order valence-corrected chi connectivity index (χ1v) is 5.37. The van der Waals surface area contributed by atoms with Gasteiger partial charge in [-0.2, -0.15) is 0 Å². The molecule has 2 atom stereocenters. The second-order valence-corrected chi connectivity index (χ2v) is 5.58. The van der Waals surface area contributed by atoms with Gasteiger partial charge in [0.25, 0.3) is 5.92 Å². The van der Waals surface area contributed by atoms with Crippen LogP contribution in [0.4, 0.5) is 8.78 Å². The van der Waals surface area contributed by atoms with E-state index in [1.807, 2.05) is 0 Å². The number of alkyl halides is 2. The van der Waals surface area contributed by atoms with Gasteiger partial charge in [-0.3, -0.25) is 4.79 Å². The summed E-state index contributed by atoms with van der Waals surface area (Å²) in [5.74, 6) is -2.20. The highest BCUT2D eigenvalue weighted by Crippen LogP contribution is 2.62. The van der Waals surface area contributed by atoms with E-state index < -0.39 is 18.3 Å². The van der Waals surface area contributed by atoms with Gasteiger partial charge in [0.2, 0.25) is 5.91 Å². The van der Waals surface area contributed by atoms with E-state index in [4.69, 9.17) is 0 Å². The van der Waals surface area contributed by atoms with Gasteiger partial charge in [-0.05, 0) is 24.2 Å². The van der Waals surface area contributed by atoms with Gasteiger partial charge in [0.1, 0.15) is 0 Å². The van der Waals surface area contributed by atoms with Crippen LogP contribution in [-0.4, -0.2) is 29.8 Å². The van der Waals surface area contributed by atoms with E-state index in [0.717, 1.165) is 6.92 Å². The average Bonchev–Trinajstić information content (AvgIpc) is 2.47. The van der Waals surface area contributed by atoms with Crippen molar-refractivity contribution in [3.8, 4) is 0 Å². The molecule has 1 saturated carbocycles. The van der Waals surface area contributed by atoms with Crippen LogP contribution >= 0.6 is 0 Å². The number of carbonyl (C=O) groups is 1. The zero-order valence-electron chi connectivity index (χ0n) is 9.39. The van der Waals surface area contributed by atoms with Crippen LogP contribution in [0.25, 0.3) is 0 Å². The van der Waals surface area contributed by atoms with Gasteiger partial charge in [0, 0.05) is 13.1 Å². The fourth-order valence-corrected chi connectivity index (χ4v) is 2.71. The first kappa shape index (κ1) is 10.8. The van der Waals surface area contributed by atoms with Crippen molar-refractivity contribution in [3.05, 3.63) is 0 Å². The maximum atomic E-state index is 12.6. The quantitative estimate of drug-likeness (QED) is 0.694. The highest BCUT2D eigenvalue weighted by molar-refractivity contribution is 5.77.